The standard InChI is InChI=1S/C15H31NO2/c1-12(2)13-6-8-16(9-7-13)10-14(17)11-18-15(3,4)5/h12-14,17H,6-11H2,1-5H3. The van der Waals surface area contributed by atoms with Gasteiger partial charge in [-0.3, -0.25) is 0 Å². The fourth-order valence-corrected chi connectivity index (χ4v) is 2.50. The highest BCUT2D eigenvalue weighted by Crippen LogP contribution is 2.24. The van der Waals surface area contributed by atoms with Crippen molar-refractivity contribution < 1.29 is 9.84 Å². The predicted octanol–water partition coefficient (Wildman–Crippen LogP) is 2.53. The van der Waals surface area contributed by atoms with Crippen LogP contribution in [0.3, 0.4) is 0 Å². The minimum Gasteiger partial charge on any atom is -0.389 e. The first-order chi connectivity index (χ1) is 8.28. The molecule has 0 aromatic heterocycles. The van der Waals surface area contributed by atoms with Gasteiger partial charge in [-0.1, -0.05) is 13.8 Å². The Labute approximate surface area is 113 Å². The molecule has 1 aliphatic rings. The Morgan fingerprint density at radius 3 is 2.22 bits per heavy atom. The molecule has 1 rings (SSSR count). The van der Waals surface area contributed by atoms with E-state index in [0.29, 0.717) is 6.61 Å². The summed E-state index contributed by atoms with van der Waals surface area (Å²) < 4.78 is 5.62. The Kier molecular flexibility index (Phi) is 6.09. The van der Waals surface area contributed by atoms with Gasteiger partial charge in [-0.15, -0.1) is 0 Å². The Bertz CT molecular complexity index is 227. The molecule has 0 spiro atoms. The average molecular weight is 257 g/mol. The van der Waals surface area contributed by atoms with Crippen molar-refractivity contribution in [1.29, 1.82) is 0 Å². The molecule has 1 atom stereocenters. The fourth-order valence-electron chi connectivity index (χ4n) is 2.50. The molecular weight excluding hydrogens is 226 g/mol. The van der Waals surface area contributed by atoms with Crippen molar-refractivity contribution in [2.45, 2.75) is 59.2 Å². The molecule has 0 aliphatic carbocycles. The van der Waals surface area contributed by atoms with Gasteiger partial charge in [0.15, 0.2) is 0 Å². The summed E-state index contributed by atoms with van der Waals surface area (Å²) in [4.78, 5) is 2.37. The number of nitrogens with zero attached hydrogens (tertiary/aromatic N) is 1. The van der Waals surface area contributed by atoms with E-state index in [4.69, 9.17) is 4.74 Å². The topological polar surface area (TPSA) is 32.7 Å². The van der Waals surface area contributed by atoms with Crippen molar-refractivity contribution in [2.24, 2.45) is 11.8 Å². The molecule has 1 N–H and O–H groups in total. The summed E-state index contributed by atoms with van der Waals surface area (Å²) >= 11 is 0. The summed E-state index contributed by atoms with van der Waals surface area (Å²) in [6.07, 6.45) is 2.18. The third-order valence-electron chi connectivity index (χ3n) is 3.75. The number of aliphatic hydroxyl groups is 1. The Morgan fingerprint density at radius 1 is 1.22 bits per heavy atom. The lowest BCUT2D eigenvalue weighted by Gasteiger charge is -2.35. The maximum atomic E-state index is 9.97. The molecule has 108 valence electrons. The van der Waals surface area contributed by atoms with Crippen molar-refractivity contribution in [2.75, 3.05) is 26.2 Å². The highest BCUT2D eigenvalue weighted by molar-refractivity contribution is 4.76. The fraction of sp³-hybridized carbons (Fsp3) is 1.00. The van der Waals surface area contributed by atoms with Gasteiger partial charge in [0.05, 0.1) is 18.3 Å². The van der Waals surface area contributed by atoms with Crippen LogP contribution in [0, 0.1) is 11.8 Å². The van der Waals surface area contributed by atoms with Crippen LogP contribution >= 0.6 is 0 Å². The van der Waals surface area contributed by atoms with Crippen molar-refractivity contribution in [1.82, 2.24) is 4.90 Å². The van der Waals surface area contributed by atoms with Crippen LogP contribution in [0.4, 0.5) is 0 Å². The van der Waals surface area contributed by atoms with Crippen molar-refractivity contribution in [3.63, 3.8) is 0 Å². The minimum absolute atomic E-state index is 0.161. The summed E-state index contributed by atoms with van der Waals surface area (Å²) in [5, 5.41) is 9.97. The van der Waals surface area contributed by atoms with E-state index in [0.717, 1.165) is 31.5 Å². The molecular formula is C15H31NO2. The number of hydrogen-bond donors (Lipinski definition) is 1. The van der Waals surface area contributed by atoms with Gasteiger partial charge in [0.25, 0.3) is 0 Å². The Balaban J connectivity index is 2.20. The van der Waals surface area contributed by atoms with Gasteiger partial charge in [-0.25, -0.2) is 0 Å². The summed E-state index contributed by atoms with van der Waals surface area (Å²) in [5.74, 6) is 1.66. The number of likely N-dealkylation sites (tertiary alicyclic amines) is 1. The SMILES string of the molecule is CC(C)C1CCN(CC(O)COC(C)(C)C)CC1. The zero-order chi connectivity index (χ0) is 13.8. The van der Waals surface area contributed by atoms with E-state index in [-0.39, 0.29) is 11.7 Å². The molecule has 0 aromatic rings. The summed E-state index contributed by atoms with van der Waals surface area (Å²) in [5.41, 5.74) is -0.161. The molecule has 3 nitrogen and oxygen atoms in total. The van der Waals surface area contributed by atoms with Crippen molar-refractivity contribution >= 4 is 0 Å². The highest BCUT2D eigenvalue weighted by Gasteiger charge is 2.23. The zero-order valence-electron chi connectivity index (χ0n) is 12.8. The molecule has 1 unspecified atom stereocenters. The van der Waals surface area contributed by atoms with Crippen LogP contribution in [0.2, 0.25) is 0 Å². The highest BCUT2D eigenvalue weighted by atomic mass is 16.5. The molecule has 0 saturated carbocycles. The van der Waals surface area contributed by atoms with Crippen LogP contribution in [0.25, 0.3) is 0 Å². The quantitative estimate of drug-likeness (QED) is 0.821. The van der Waals surface area contributed by atoms with Crippen LogP contribution in [-0.2, 0) is 4.74 Å². The molecule has 3 heteroatoms. The zero-order valence-corrected chi connectivity index (χ0v) is 12.8. The van der Waals surface area contributed by atoms with Crippen LogP contribution in [0.5, 0.6) is 0 Å². The molecule has 0 aromatic carbocycles. The van der Waals surface area contributed by atoms with Crippen molar-refractivity contribution in [3.8, 4) is 0 Å². The molecule has 1 heterocycles. The van der Waals surface area contributed by atoms with E-state index in [2.05, 4.69) is 18.7 Å². The van der Waals surface area contributed by atoms with Crippen LogP contribution < -0.4 is 0 Å². The first-order valence-corrected chi connectivity index (χ1v) is 7.32. The largest absolute Gasteiger partial charge is 0.389 e. The second-order valence-electron chi connectivity index (χ2n) is 6.96. The number of rotatable bonds is 5. The number of ether oxygens (including phenoxy) is 1. The number of aliphatic hydroxyl groups excluding tert-OH is 1. The van der Waals surface area contributed by atoms with Gasteiger partial charge in [-0.2, -0.15) is 0 Å². The number of piperidine rings is 1. The number of hydrogen-bond acceptors (Lipinski definition) is 3. The van der Waals surface area contributed by atoms with E-state index in [1.807, 2.05) is 20.8 Å². The first-order valence-electron chi connectivity index (χ1n) is 7.32. The lowest BCUT2D eigenvalue weighted by Crippen LogP contribution is -2.41. The van der Waals surface area contributed by atoms with Gasteiger partial charge < -0.3 is 14.7 Å². The third-order valence-corrected chi connectivity index (χ3v) is 3.75. The number of β-amino-alcohol motifs (C(OH)–C–C–N with tert-alkyl or cyclic N) is 1. The van der Waals surface area contributed by atoms with E-state index < -0.39 is 0 Å². The summed E-state index contributed by atoms with van der Waals surface area (Å²) in [7, 11) is 0. The first kappa shape index (κ1) is 15.9. The summed E-state index contributed by atoms with van der Waals surface area (Å²) in [6.45, 7) is 14.1. The molecule has 0 radical (unpaired) electrons. The van der Waals surface area contributed by atoms with Crippen molar-refractivity contribution in [3.05, 3.63) is 0 Å². The second-order valence-corrected chi connectivity index (χ2v) is 6.96. The van der Waals surface area contributed by atoms with E-state index in [1.54, 1.807) is 0 Å². The average Bonchev–Trinajstić information content (AvgIpc) is 2.26. The minimum atomic E-state index is -0.361. The lowest BCUT2D eigenvalue weighted by atomic mass is 9.87. The molecule has 18 heavy (non-hydrogen) atoms. The van der Waals surface area contributed by atoms with E-state index in [9.17, 15) is 5.11 Å². The Morgan fingerprint density at radius 2 is 1.78 bits per heavy atom. The molecule has 1 saturated heterocycles. The normalized spacial score (nSPS) is 21.5. The molecule has 1 fully saturated rings. The van der Waals surface area contributed by atoms with Crippen LogP contribution in [0.1, 0.15) is 47.5 Å². The predicted molar refractivity (Wildman–Crippen MR) is 75.7 cm³/mol. The second kappa shape index (κ2) is 6.88. The Hall–Kier alpha value is -0.120. The summed E-state index contributed by atoms with van der Waals surface area (Å²) in [6, 6.07) is 0. The van der Waals surface area contributed by atoms with Crippen LogP contribution in [0.15, 0.2) is 0 Å². The lowest BCUT2D eigenvalue weighted by molar-refractivity contribution is -0.0582. The van der Waals surface area contributed by atoms with Gasteiger partial charge in [0.1, 0.15) is 0 Å². The maximum absolute atomic E-state index is 9.97. The van der Waals surface area contributed by atoms with Gasteiger partial charge in [0.2, 0.25) is 0 Å². The van der Waals surface area contributed by atoms with E-state index in [1.165, 1.54) is 12.8 Å². The third kappa shape index (κ3) is 6.17. The van der Waals surface area contributed by atoms with Gasteiger partial charge >= 0.3 is 0 Å². The smallest absolute Gasteiger partial charge is 0.0900 e. The monoisotopic (exact) mass is 257 g/mol. The molecule has 1 aliphatic heterocycles. The molecule has 0 amide bonds. The van der Waals surface area contributed by atoms with Crippen LogP contribution in [-0.4, -0.2) is 48.0 Å². The molecule has 0 bridgehead atoms. The maximum Gasteiger partial charge on any atom is 0.0900 e. The van der Waals surface area contributed by atoms with Gasteiger partial charge in [0, 0.05) is 6.54 Å². The van der Waals surface area contributed by atoms with Gasteiger partial charge in [-0.05, 0) is 58.5 Å². The van der Waals surface area contributed by atoms with E-state index >= 15 is 0 Å².